The van der Waals surface area contributed by atoms with Gasteiger partial charge in [-0.15, -0.1) is 5.10 Å². The summed E-state index contributed by atoms with van der Waals surface area (Å²) in [5.41, 5.74) is 5.23. The first-order chi connectivity index (χ1) is 5.34. The zero-order valence-corrected chi connectivity index (χ0v) is 6.08. The summed E-state index contributed by atoms with van der Waals surface area (Å²) in [6.07, 6.45) is 2.51. The number of rotatable bonds is 3. The molecule has 0 atom stereocenters. The molecule has 0 radical (unpaired) electrons. The van der Waals surface area contributed by atoms with Crippen LogP contribution in [0.25, 0.3) is 0 Å². The lowest BCUT2D eigenvalue weighted by molar-refractivity contribution is 0.480. The van der Waals surface area contributed by atoms with E-state index in [4.69, 9.17) is 10.2 Å². The third kappa shape index (κ3) is 1.68. The van der Waals surface area contributed by atoms with Gasteiger partial charge in [0.15, 0.2) is 0 Å². The molecule has 1 heterocycles. The van der Waals surface area contributed by atoms with Crippen molar-refractivity contribution in [2.75, 3.05) is 5.73 Å². The Kier molecular flexibility index (Phi) is 1.50. The molecule has 60 valence electrons. The molecule has 0 amide bonds. The summed E-state index contributed by atoms with van der Waals surface area (Å²) in [6.45, 7) is 0.634. The van der Waals surface area contributed by atoms with Gasteiger partial charge >= 0.3 is 6.01 Å². The van der Waals surface area contributed by atoms with Crippen molar-refractivity contribution in [1.82, 2.24) is 15.5 Å². The van der Waals surface area contributed by atoms with Crippen molar-refractivity contribution in [3.05, 3.63) is 5.89 Å². The second-order valence-electron chi connectivity index (χ2n) is 2.69. The highest BCUT2D eigenvalue weighted by Crippen LogP contribution is 2.19. The molecule has 1 aliphatic carbocycles. The lowest BCUT2D eigenvalue weighted by Crippen LogP contribution is -2.15. The molecule has 0 aliphatic heterocycles. The van der Waals surface area contributed by atoms with Crippen LogP contribution >= 0.6 is 0 Å². The highest BCUT2D eigenvalue weighted by atomic mass is 16.4. The molecule has 0 unspecified atom stereocenters. The molecule has 1 saturated carbocycles. The quantitative estimate of drug-likeness (QED) is 0.636. The fourth-order valence-corrected chi connectivity index (χ4v) is 0.857. The van der Waals surface area contributed by atoms with Gasteiger partial charge in [-0.1, -0.05) is 5.10 Å². The number of hydrogen-bond donors (Lipinski definition) is 2. The van der Waals surface area contributed by atoms with E-state index in [9.17, 15) is 0 Å². The van der Waals surface area contributed by atoms with E-state index in [1.165, 1.54) is 12.8 Å². The van der Waals surface area contributed by atoms with Gasteiger partial charge in [0.1, 0.15) is 0 Å². The van der Waals surface area contributed by atoms with Crippen LogP contribution in [0.5, 0.6) is 0 Å². The molecule has 1 aromatic heterocycles. The first-order valence-corrected chi connectivity index (χ1v) is 3.66. The van der Waals surface area contributed by atoms with Crippen molar-refractivity contribution in [2.24, 2.45) is 0 Å². The number of nitrogens with two attached hydrogens (primary N) is 1. The van der Waals surface area contributed by atoms with Gasteiger partial charge in [-0.25, -0.2) is 0 Å². The minimum absolute atomic E-state index is 0.137. The standard InChI is InChI=1S/C6H10N4O/c7-6-10-9-5(11-6)3-8-4-1-2-4/h4,8H,1-3H2,(H2,7,10). The summed E-state index contributed by atoms with van der Waals surface area (Å²) in [5.74, 6) is 0.564. The monoisotopic (exact) mass is 154 g/mol. The number of hydrogen-bond acceptors (Lipinski definition) is 5. The maximum Gasteiger partial charge on any atom is 0.312 e. The molecule has 0 bridgehead atoms. The van der Waals surface area contributed by atoms with Gasteiger partial charge in [-0.2, -0.15) is 0 Å². The Morgan fingerprint density at radius 3 is 2.91 bits per heavy atom. The van der Waals surface area contributed by atoms with Gasteiger partial charge in [-0.05, 0) is 12.8 Å². The molecular formula is C6H10N4O. The van der Waals surface area contributed by atoms with E-state index in [1.54, 1.807) is 0 Å². The summed E-state index contributed by atoms with van der Waals surface area (Å²) >= 11 is 0. The Bertz CT molecular complexity index is 242. The largest absolute Gasteiger partial charge is 0.407 e. The van der Waals surface area contributed by atoms with Crippen molar-refractivity contribution in [3.63, 3.8) is 0 Å². The lowest BCUT2D eigenvalue weighted by Gasteiger charge is -1.94. The maximum absolute atomic E-state index is 5.23. The SMILES string of the molecule is Nc1nnc(CNC2CC2)o1. The van der Waals surface area contributed by atoms with Crippen molar-refractivity contribution in [1.29, 1.82) is 0 Å². The van der Waals surface area contributed by atoms with Crippen LogP contribution in [-0.4, -0.2) is 16.2 Å². The summed E-state index contributed by atoms with van der Waals surface area (Å²) in [5, 5.41) is 10.5. The molecule has 1 aromatic rings. The first-order valence-electron chi connectivity index (χ1n) is 3.66. The number of nitrogen functional groups attached to an aromatic ring is 1. The van der Waals surface area contributed by atoms with Crippen molar-refractivity contribution in [3.8, 4) is 0 Å². The minimum atomic E-state index is 0.137. The van der Waals surface area contributed by atoms with Gasteiger partial charge in [-0.3, -0.25) is 0 Å². The number of nitrogens with one attached hydrogen (secondary N) is 1. The molecule has 0 saturated heterocycles. The second kappa shape index (κ2) is 2.50. The summed E-state index contributed by atoms with van der Waals surface area (Å²) in [4.78, 5) is 0. The van der Waals surface area contributed by atoms with E-state index in [0.29, 0.717) is 18.5 Å². The van der Waals surface area contributed by atoms with Gasteiger partial charge in [0, 0.05) is 6.04 Å². The fraction of sp³-hybridized carbons (Fsp3) is 0.667. The molecule has 0 spiro atoms. The van der Waals surface area contributed by atoms with Gasteiger partial charge in [0.05, 0.1) is 6.54 Å². The van der Waals surface area contributed by atoms with E-state index < -0.39 is 0 Å². The Balaban J connectivity index is 1.85. The van der Waals surface area contributed by atoms with Crippen molar-refractivity contribution in [2.45, 2.75) is 25.4 Å². The molecule has 5 nitrogen and oxygen atoms in total. The van der Waals surface area contributed by atoms with Gasteiger partial charge < -0.3 is 15.5 Å². The smallest absolute Gasteiger partial charge is 0.312 e. The average molecular weight is 154 g/mol. The van der Waals surface area contributed by atoms with E-state index in [-0.39, 0.29) is 6.01 Å². The Labute approximate surface area is 64.0 Å². The summed E-state index contributed by atoms with van der Waals surface area (Å²) in [6, 6.07) is 0.792. The van der Waals surface area contributed by atoms with Crippen LogP contribution in [0.3, 0.4) is 0 Å². The van der Waals surface area contributed by atoms with Crippen molar-refractivity contribution >= 4 is 6.01 Å². The Morgan fingerprint density at radius 2 is 2.36 bits per heavy atom. The minimum Gasteiger partial charge on any atom is -0.407 e. The molecule has 2 rings (SSSR count). The van der Waals surface area contributed by atoms with Crippen LogP contribution in [0.15, 0.2) is 4.42 Å². The van der Waals surface area contributed by atoms with Gasteiger partial charge in [0.25, 0.3) is 0 Å². The second-order valence-corrected chi connectivity index (χ2v) is 2.69. The normalized spacial score (nSPS) is 17.1. The van der Waals surface area contributed by atoms with Crippen LogP contribution < -0.4 is 11.1 Å². The summed E-state index contributed by atoms with van der Waals surface area (Å²) < 4.78 is 4.95. The van der Waals surface area contributed by atoms with Crippen LogP contribution in [0.1, 0.15) is 18.7 Å². The van der Waals surface area contributed by atoms with E-state index >= 15 is 0 Å². The highest BCUT2D eigenvalue weighted by molar-refractivity contribution is 5.04. The Morgan fingerprint density at radius 1 is 1.55 bits per heavy atom. The topological polar surface area (TPSA) is 77.0 Å². The number of anilines is 1. The number of nitrogens with zero attached hydrogens (tertiary/aromatic N) is 2. The summed E-state index contributed by atoms with van der Waals surface area (Å²) in [7, 11) is 0. The zero-order valence-electron chi connectivity index (χ0n) is 6.08. The Hall–Kier alpha value is -1.10. The van der Waals surface area contributed by atoms with Crippen LogP contribution in [0, 0.1) is 0 Å². The van der Waals surface area contributed by atoms with Crippen molar-refractivity contribution < 1.29 is 4.42 Å². The number of aromatic nitrogens is 2. The molecule has 1 fully saturated rings. The third-order valence-electron chi connectivity index (χ3n) is 1.60. The van der Waals surface area contributed by atoms with Crippen LogP contribution in [0.4, 0.5) is 6.01 Å². The molecule has 0 aromatic carbocycles. The fourth-order valence-electron chi connectivity index (χ4n) is 0.857. The zero-order chi connectivity index (χ0) is 7.68. The molecule has 5 heteroatoms. The average Bonchev–Trinajstić information content (AvgIpc) is 2.72. The molecule has 3 N–H and O–H groups in total. The third-order valence-corrected chi connectivity index (χ3v) is 1.60. The van der Waals surface area contributed by atoms with Gasteiger partial charge in [0.2, 0.25) is 5.89 Å². The molecule has 11 heavy (non-hydrogen) atoms. The van der Waals surface area contributed by atoms with E-state index in [0.717, 1.165) is 0 Å². The van der Waals surface area contributed by atoms with E-state index in [2.05, 4.69) is 15.5 Å². The predicted octanol–water partition coefficient (Wildman–Crippen LogP) is -0.0962. The molecule has 1 aliphatic rings. The predicted molar refractivity (Wildman–Crippen MR) is 38.6 cm³/mol. The maximum atomic E-state index is 5.23. The van der Waals surface area contributed by atoms with Crippen LogP contribution in [0.2, 0.25) is 0 Å². The lowest BCUT2D eigenvalue weighted by atomic mass is 10.6. The van der Waals surface area contributed by atoms with E-state index in [1.807, 2.05) is 0 Å². The first kappa shape index (κ1) is 6.60. The molecular weight excluding hydrogens is 144 g/mol. The highest BCUT2D eigenvalue weighted by Gasteiger charge is 2.20. The van der Waals surface area contributed by atoms with Crippen LogP contribution in [-0.2, 0) is 6.54 Å².